The number of ketones is 1. The smallest absolute Gasteiger partial charge is 0.254 e. The number of phenols is 2. The van der Waals surface area contributed by atoms with Gasteiger partial charge in [-0.2, -0.15) is 0 Å². The summed E-state index contributed by atoms with van der Waals surface area (Å²) in [5, 5.41) is 54.9. The van der Waals surface area contributed by atoms with Crippen LogP contribution in [0.5, 0.6) is 11.5 Å². The van der Waals surface area contributed by atoms with Crippen LogP contribution in [0.1, 0.15) is 42.2 Å². The number of hydrogen-bond acceptors (Lipinski definition) is 11. The highest BCUT2D eigenvalue weighted by Crippen LogP contribution is 2.50. The third kappa shape index (κ3) is 7.38. The van der Waals surface area contributed by atoms with Crippen molar-refractivity contribution in [2.24, 2.45) is 38.8 Å². The second-order valence-corrected chi connectivity index (χ2v) is 13.1. The Morgan fingerprint density at radius 1 is 0.745 bits per heavy atom. The van der Waals surface area contributed by atoms with E-state index < -0.39 is 83.7 Å². The molecule has 18 nitrogen and oxygen atoms in total. The van der Waals surface area contributed by atoms with Crippen molar-refractivity contribution in [2.75, 3.05) is 26.2 Å². The average molecular weight is 709 g/mol. The van der Waals surface area contributed by atoms with Crippen LogP contribution in [0.25, 0.3) is 0 Å². The number of nitrogens with two attached hydrogens (primary N) is 4. The quantitative estimate of drug-likeness (QED) is 0.0682. The molecule has 0 bridgehead atoms. The second kappa shape index (κ2) is 14.8. The van der Waals surface area contributed by atoms with Crippen LogP contribution in [-0.2, 0) is 19.2 Å². The lowest BCUT2D eigenvalue weighted by molar-refractivity contribution is -0.154. The lowest BCUT2D eigenvalue weighted by atomic mass is 9.59. The Labute approximate surface area is 292 Å². The van der Waals surface area contributed by atoms with E-state index in [-0.39, 0.29) is 55.8 Å². The molecule has 5 rings (SSSR count). The fourth-order valence-electron chi connectivity index (χ4n) is 7.66. The average Bonchev–Trinajstić information content (AvgIpc) is 3.24. The number of hydrogen-bond donors (Lipinski definition) is 12. The number of carbonyl (C=O) groups is 4. The van der Waals surface area contributed by atoms with Gasteiger partial charge in [-0.25, -0.2) is 0 Å². The fraction of sp³-hybridized carbons (Fsp3) is 0.455. The topological polar surface area (TPSA) is 326 Å². The molecule has 18 heteroatoms. The summed E-state index contributed by atoms with van der Waals surface area (Å²) in [5.74, 6) is -6.18. The number of aromatic hydroxyl groups is 2. The van der Waals surface area contributed by atoms with Gasteiger partial charge in [0.05, 0.1) is 25.2 Å². The zero-order chi connectivity index (χ0) is 37.1. The van der Waals surface area contributed by atoms with Gasteiger partial charge in [-0.3, -0.25) is 34.5 Å². The van der Waals surface area contributed by atoms with Gasteiger partial charge in [-0.05, 0) is 54.7 Å². The molecule has 1 heterocycles. The largest absolute Gasteiger partial charge is 0.508 e. The number of Topliss-reactive ketones (excluding diaryl/α,β-unsaturated/α-hetero) is 1. The first-order valence-corrected chi connectivity index (χ1v) is 16.4. The molecule has 274 valence electrons. The van der Waals surface area contributed by atoms with Crippen LogP contribution in [-0.4, -0.2) is 111 Å². The molecule has 3 fully saturated rings. The third-order valence-corrected chi connectivity index (χ3v) is 9.96. The Kier molecular flexibility index (Phi) is 10.7. The number of rotatable bonds is 9. The number of guanidine groups is 2. The minimum atomic E-state index is -2.67. The van der Waals surface area contributed by atoms with Crippen molar-refractivity contribution < 1.29 is 39.6 Å². The minimum Gasteiger partial charge on any atom is -0.508 e. The van der Waals surface area contributed by atoms with E-state index in [1.54, 1.807) is 24.3 Å². The molecule has 0 unspecified atom stereocenters. The predicted octanol–water partition coefficient (Wildman–Crippen LogP) is -3.59. The van der Waals surface area contributed by atoms with E-state index in [1.165, 1.54) is 24.3 Å². The van der Waals surface area contributed by atoms with Gasteiger partial charge in [0.25, 0.3) is 5.91 Å². The number of nitrogens with one attached hydrogen (secondary N) is 4. The van der Waals surface area contributed by atoms with Crippen LogP contribution in [0, 0.1) is 5.92 Å². The molecule has 51 heavy (non-hydrogen) atoms. The highest BCUT2D eigenvalue weighted by molar-refractivity contribution is 6.05. The van der Waals surface area contributed by atoms with E-state index in [9.17, 15) is 39.6 Å². The number of amides is 3. The number of carbonyl (C=O) groups excluding carboxylic acids is 4. The van der Waals surface area contributed by atoms with Crippen LogP contribution in [0.15, 0.2) is 58.5 Å². The lowest BCUT2D eigenvalue weighted by Gasteiger charge is -2.53. The molecule has 2 aliphatic carbocycles. The number of aliphatic imine (C=N–C) groups is 2. The number of nitrogens with zero attached hydrogens (tertiary/aromatic N) is 2. The molecule has 3 amide bonds. The Hall–Kier alpha value is -5.46. The molecule has 0 aromatic heterocycles. The molecule has 8 atom stereocenters. The van der Waals surface area contributed by atoms with Crippen LogP contribution in [0.2, 0.25) is 0 Å². The molecular formula is C33H44N10O8. The highest BCUT2D eigenvalue weighted by atomic mass is 16.3. The van der Waals surface area contributed by atoms with E-state index in [4.69, 9.17) is 22.9 Å². The second-order valence-electron chi connectivity index (χ2n) is 13.1. The minimum absolute atomic E-state index is 0.0275. The van der Waals surface area contributed by atoms with E-state index in [0.29, 0.717) is 0 Å². The van der Waals surface area contributed by atoms with E-state index in [1.807, 2.05) is 0 Å². The maximum absolute atomic E-state index is 14.0. The maximum Gasteiger partial charge on any atom is 0.254 e. The Balaban J connectivity index is 1.49. The molecule has 1 aliphatic heterocycles. The van der Waals surface area contributed by atoms with Gasteiger partial charge in [-0.1, -0.05) is 24.3 Å². The SMILES string of the molecule is NC(N)=NCCC[C@@]1(O)C(=O)[C@@H]2NCC(=O)N[C@H]3[C@@H](NC(=O)CNC(=O)[C@]2(O)[C@@H]1CCN=C(N)N)[C@H](c1ccc(O)cc1)[C@@H]3c1ccc(O)cc1. The molecular weight excluding hydrogens is 664 g/mol. The van der Waals surface area contributed by atoms with E-state index in [2.05, 4.69) is 31.3 Å². The standard InChI is InChI=1S/C33H44N10O8/c34-30(35)38-12-1-11-32(50)20(10-13-39-31(36)37)33(51)27(28(32)48)40-14-21(46)42-25-23(16-2-6-18(44)7-3-16)24(17-4-8-19(45)9-5-17)26(25)43-22(47)15-41-29(33)49/h2-9,20,23-27,40,44-45,50-51H,1,10-15H2,(H,41,49)(H,42,46)(H,43,47)(H4,34,35,38)(H4,36,37,39)/t20-,23+,24-,25-,26+,27+,32+,33+/m1/s1. The van der Waals surface area contributed by atoms with Crippen molar-refractivity contribution in [3.63, 3.8) is 0 Å². The van der Waals surface area contributed by atoms with Gasteiger partial charge in [0.1, 0.15) is 23.1 Å². The summed E-state index contributed by atoms with van der Waals surface area (Å²) in [6.07, 6.45) is -0.432. The first-order valence-electron chi connectivity index (χ1n) is 16.4. The van der Waals surface area contributed by atoms with Crippen molar-refractivity contribution in [1.29, 1.82) is 0 Å². The normalized spacial score (nSPS) is 30.8. The van der Waals surface area contributed by atoms with Gasteiger partial charge in [0.2, 0.25) is 11.8 Å². The molecule has 1 saturated heterocycles. The third-order valence-electron chi connectivity index (χ3n) is 9.96. The monoisotopic (exact) mass is 708 g/mol. The summed E-state index contributed by atoms with van der Waals surface area (Å²) < 4.78 is 0. The summed E-state index contributed by atoms with van der Waals surface area (Å²) >= 11 is 0. The van der Waals surface area contributed by atoms with E-state index in [0.717, 1.165) is 11.1 Å². The van der Waals surface area contributed by atoms with Gasteiger partial charge in [0, 0.05) is 30.8 Å². The number of aliphatic hydroxyl groups is 2. The van der Waals surface area contributed by atoms with Crippen LogP contribution in [0.3, 0.4) is 0 Å². The summed E-state index contributed by atoms with van der Waals surface area (Å²) in [6, 6.07) is 9.61. The highest BCUT2D eigenvalue weighted by Gasteiger charge is 2.69. The lowest BCUT2D eigenvalue weighted by Crippen LogP contribution is -2.68. The molecule has 3 aliphatic rings. The number of benzene rings is 2. The molecule has 16 N–H and O–H groups in total. The van der Waals surface area contributed by atoms with Crippen molar-refractivity contribution in [2.45, 2.75) is 60.4 Å². The Morgan fingerprint density at radius 2 is 1.24 bits per heavy atom. The van der Waals surface area contributed by atoms with Crippen molar-refractivity contribution in [1.82, 2.24) is 21.3 Å². The molecule has 2 aromatic rings. The number of fused-ring (bicyclic) bond motifs is 2. The summed E-state index contributed by atoms with van der Waals surface area (Å²) in [6.45, 7) is -1.35. The summed E-state index contributed by atoms with van der Waals surface area (Å²) in [7, 11) is 0. The van der Waals surface area contributed by atoms with Gasteiger partial charge < -0.3 is 59.3 Å². The van der Waals surface area contributed by atoms with Crippen molar-refractivity contribution >= 4 is 35.4 Å². The fourth-order valence-corrected chi connectivity index (χ4v) is 7.66. The maximum atomic E-state index is 14.0. The zero-order valence-electron chi connectivity index (χ0n) is 27.7. The van der Waals surface area contributed by atoms with Crippen LogP contribution < -0.4 is 44.2 Å². The van der Waals surface area contributed by atoms with Gasteiger partial charge in [-0.15, -0.1) is 0 Å². The van der Waals surface area contributed by atoms with Crippen LogP contribution >= 0.6 is 0 Å². The van der Waals surface area contributed by atoms with E-state index >= 15 is 0 Å². The van der Waals surface area contributed by atoms with Crippen molar-refractivity contribution in [3.8, 4) is 11.5 Å². The molecule has 0 radical (unpaired) electrons. The Bertz CT molecular complexity index is 1700. The predicted molar refractivity (Wildman–Crippen MR) is 184 cm³/mol. The van der Waals surface area contributed by atoms with Crippen molar-refractivity contribution in [3.05, 3.63) is 59.7 Å². The molecule has 2 saturated carbocycles. The zero-order valence-corrected chi connectivity index (χ0v) is 27.7. The first kappa shape index (κ1) is 36.8. The summed E-state index contributed by atoms with van der Waals surface area (Å²) in [5.41, 5.74) is 18.3. The first-order chi connectivity index (χ1) is 24.2. The van der Waals surface area contributed by atoms with Gasteiger partial charge in [0.15, 0.2) is 23.3 Å². The summed E-state index contributed by atoms with van der Waals surface area (Å²) in [4.78, 5) is 62.8. The molecule has 2 aromatic carbocycles. The number of phenolic OH excluding ortho intramolecular Hbond substituents is 2. The van der Waals surface area contributed by atoms with Crippen LogP contribution in [0.4, 0.5) is 0 Å². The molecule has 0 spiro atoms. The Morgan fingerprint density at radius 3 is 1.75 bits per heavy atom. The van der Waals surface area contributed by atoms with Gasteiger partial charge >= 0.3 is 0 Å².